The molecule has 3 aromatic rings. The van der Waals surface area contributed by atoms with Gasteiger partial charge in [-0.2, -0.15) is 0 Å². The molecule has 0 aliphatic heterocycles. The van der Waals surface area contributed by atoms with Crippen molar-refractivity contribution in [3.63, 3.8) is 0 Å². The second-order valence-corrected chi connectivity index (χ2v) is 5.58. The van der Waals surface area contributed by atoms with Crippen molar-refractivity contribution >= 4 is 22.8 Å². The number of hydrogen-bond donors (Lipinski definition) is 3. The number of nitrogens with one attached hydrogen (secondary N) is 2. The van der Waals surface area contributed by atoms with Gasteiger partial charge in [0, 0.05) is 12.6 Å². The summed E-state index contributed by atoms with van der Waals surface area (Å²) in [5.41, 5.74) is 3.03. The van der Waals surface area contributed by atoms with Gasteiger partial charge in [0.15, 0.2) is 11.5 Å². The molecule has 3 N–H and O–H groups in total. The van der Waals surface area contributed by atoms with Crippen LogP contribution in [0, 0.1) is 6.92 Å². The monoisotopic (exact) mass is 325 g/mol. The van der Waals surface area contributed by atoms with Gasteiger partial charge in [-0.25, -0.2) is 9.78 Å². The summed E-state index contributed by atoms with van der Waals surface area (Å²) < 4.78 is 5.40. The second kappa shape index (κ2) is 7.14. The highest BCUT2D eigenvalue weighted by Crippen LogP contribution is 2.19. The van der Waals surface area contributed by atoms with E-state index in [9.17, 15) is 9.90 Å². The van der Waals surface area contributed by atoms with E-state index >= 15 is 0 Å². The predicted octanol–water partition coefficient (Wildman–Crippen LogP) is 2.86. The van der Waals surface area contributed by atoms with Crippen LogP contribution in [-0.2, 0) is 6.42 Å². The molecule has 0 fully saturated rings. The third-order valence-corrected chi connectivity index (χ3v) is 3.63. The first kappa shape index (κ1) is 16.0. The average molecular weight is 325 g/mol. The number of nitrogens with zero attached hydrogens (tertiary/aromatic N) is 1. The number of rotatable bonds is 5. The zero-order valence-electron chi connectivity index (χ0n) is 13.3. The van der Waals surface area contributed by atoms with Crippen LogP contribution in [0.4, 0.5) is 10.5 Å². The van der Waals surface area contributed by atoms with Gasteiger partial charge in [0.25, 0.3) is 0 Å². The van der Waals surface area contributed by atoms with Gasteiger partial charge in [-0.1, -0.05) is 30.3 Å². The Morgan fingerprint density at radius 2 is 2.04 bits per heavy atom. The number of aromatic nitrogens is 1. The Balaban J connectivity index is 1.62. The van der Waals surface area contributed by atoms with Crippen molar-refractivity contribution < 1.29 is 14.3 Å². The van der Waals surface area contributed by atoms with Crippen LogP contribution >= 0.6 is 0 Å². The highest BCUT2D eigenvalue weighted by atomic mass is 16.3. The molecule has 1 heterocycles. The van der Waals surface area contributed by atoms with Crippen LogP contribution in [0.2, 0.25) is 0 Å². The second-order valence-electron chi connectivity index (χ2n) is 5.58. The Labute approximate surface area is 139 Å². The minimum absolute atomic E-state index is 0.135. The number of urea groups is 1. The van der Waals surface area contributed by atoms with Crippen molar-refractivity contribution in [2.45, 2.75) is 19.4 Å². The molecule has 0 aliphatic rings. The molecule has 0 saturated heterocycles. The molecule has 1 aromatic heterocycles. The van der Waals surface area contributed by atoms with Crippen molar-refractivity contribution in [1.29, 1.82) is 0 Å². The lowest BCUT2D eigenvalue weighted by Gasteiger charge is -2.17. The SMILES string of the molecule is Cc1nc2cc(NC(=O)N[C@H](CO)Cc3ccccc3)ccc2o1. The van der Waals surface area contributed by atoms with Gasteiger partial charge in [0.2, 0.25) is 0 Å². The molecular formula is C18H19N3O3. The van der Waals surface area contributed by atoms with Gasteiger partial charge in [-0.05, 0) is 30.2 Å². The number of fused-ring (bicyclic) bond motifs is 1. The first-order valence-electron chi connectivity index (χ1n) is 7.73. The summed E-state index contributed by atoms with van der Waals surface area (Å²) >= 11 is 0. The van der Waals surface area contributed by atoms with Crippen LogP contribution in [0.25, 0.3) is 11.1 Å². The molecule has 3 rings (SSSR count). The largest absolute Gasteiger partial charge is 0.441 e. The Hall–Kier alpha value is -2.86. The summed E-state index contributed by atoms with van der Waals surface area (Å²) in [6.45, 7) is 1.64. The molecule has 0 aliphatic carbocycles. The number of carbonyl (C=O) groups is 1. The number of carbonyl (C=O) groups excluding carboxylic acids is 1. The highest BCUT2D eigenvalue weighted by Gasteiger charge is 2.13. The maximum atomic E-state index is 12.1. The van der Waals surface area contributed by atoms with Gasteiger partial charge in [-0.15, -0.1) is 0 Å². The third kappa shape index (κ3) is 3.91. The molecule has 124 valence electrons. The topological polar surface area (TPSA) is 87.4 Å². The Morgan fingerprint density at radius 1 is 1.25 bits per heavy atom. The maximum Gasteiger partial charge on any atom is 0.319 e. The first-order chi connectivity index (χ1) is 11.6. The molecule has 0 saturated carbocycles. The van der Waals surface area contributed by atoms with E-state index in [0.29, 0.717) is 29.1 Å². The van der Waals surface area contributed by atoms with Crippen molar-refractivity contribution in [3.8, 4) is 0 Å². The van der Waals surface area contributed by atoms with E-state index in [-0.39, 0.29) is 18.7 Å². The summed E-state index contributed by atoms with van der Waals surface area (Å²) in [7, 11) is 0. The fourth-order valence-electron chi connectivity index (χ4n) is 2.53. The quantitative estimate of drug-likeness (QED) is 0.673. The summed E-state index contributed by atoms with van der Waals surface area (Å²) in [5, 5.41) is 15.0. The molecule has 0 bridgehead atoms. The van der Waals surface area contributed by atoms with Gasteiger partial charge >= 0.3 is 6.03 Å². The zero-order valence-corrected chi connectivity index (χ0v) is 13.3. The van der Waals surface area contributed by atoms with Crippen LogP contribution in [0.5, 0.6) is 0 Å². The lowest BCUT2D eigenvalue weighted by molar-refractivity contribution is 0.224. The van der Waals surface area contributed by atoms with Crippen molar-refractivity contribution in [2.75, 3.05) is 11.9 Å². The Kier molecular flexibility index (Phi) is 4.77. The van der Waals surface area contributed by atoms with Gasteiger partial charge in [0.1, 0.15) is 5.52 Å². The minimum Gasteiger partial charge on any atom is -0.441 e. The lowest BCUT2D eigenvalue weighted by Crippen LogP contribution is -2.41. The van der Waals surface area contributed by atoms with Gasteiger partial charge in [-0.3, -0.25) is 0 Å². The number of aliphatic hydroxyl groups excluding tert-OH is 1. The number of aryl methyl sites for hydroxylation is 1. The van der Waals surface area contributed by atoms with E-state index in [0.717, 1.165) is 5.56 Å². The zero-order chi connectivity index (χ0) is 16.9. The molecule has 6 heteroatoms. The molecule has 2 aromatic carbocycles. The standard InChI is InChI=1S/C18H19N3O3/c1-12-19-16-10-14(7-8-17(16)24-12)20-18(23)21-15(11-22)9-13-5-3-2-4-6-13/h2-8,10,15,22H,9,11H2,1H3,(H2,20,21,23)/t15-/m0/s1. The van der Waals surface area contributed by atoms with E-state index in [4.69, 9.17) is 4.42 Å². The summed E-state index contributed by atoms with van der Waals surface area (Å²) in [5.74, 6) is 0.579. The van der Waals surface area contributed by atoms with Crippen LogP contribution in [0.1, 0.15) is 11.5 Å². The van der Waals surface area contributed by atoms with E-state index in [1.807, 2.05) is 30.3 Å². The molecule has 24 heavy (non-hydrogen) atoms. The molecule has 1 atom stereocenters. The van der Waals surface area contributed by atoms with E-state index in [2.05, 4.69) is 15.6 Å². The Bertz CT molecular complexity index is 830. The van der Waals surface area contributed by atoms with Crippen LogP contribution < -0.4 is 10.6 Å². The average Bonchev–Trinajstić information content (AvgIpc) is 2.94. The highest BCUT2D eigenvalue weighted by molar-refractivity contribution is 5.91. The number of oxazole rings is 1. The van der Waals surface area contributed by atoms with Crippen LogP contribution in [0.3, 0.4) is 0 Å². The third-order valence-electron chi connectivity index (χ3n) is 3.63. The molecule has 0 spiro atoms. The molecule has 6 nitrogen and oxygen atoms in total. The number of hydrogen-bond acceptors (Lipinski definition) is 4. The van der Waals surface area contributed by atoms with Crippen molar-refractivity contribution in [2.24, 2.45) is 0 Å². The van der Waals surface area contributed by atoms with Gasteiger partial charge in [0.05, 0.1) is 12.6 Å². The lowest BCUT2D eigenvalue weighted by atomic mass is 10.1. The number of aliphatic hydroxyl groups is 1. The molecule has 2 amide bonds. The first-order valence-corrected chi connectivity index (χ1v) is 7.73. The number of amides is 2. The number of benzene rings is 2. The molecule has 0 radical (unpaired) electrons. The van der Waals surface area contributed by atoms with Crippen LogP contribution in [0.15, 0.2) is 52.9 Å². The summed E-state index contributed by atoms with van der Waals surface area (Å²) in [4.78, 5) is 16.4. The van der Waals surface area contributed by atoms with Crippen molar-refractivity contribution in [1.82, 2.24) is 10.3 Å². The Morgan fingerprint density at radius 3 is 2.79 bits per heavy atom. The minimum atomic E-state index is -0.371. The summed E-state index contributed by atoms with van der Waals surface area (Å²) in [6.07, 6.45) is 0.562. The molecular weight excluding hydrogens is 306 g/mol. The normalized spacial score (nSPS) is 12.1. The fourth-order valence-corrected chi connectivity index (χ4v) is 2.53. The van der Waals surface area contributed by atoms with E-state index < -0.39 is 0 Å². The van der Waals surface area contributed by atoms with E-state index in [1.165, 1.54) is 0 Å². The number of anilines is 1. The molecule has 0 unspecified atom stereocenters. The van der Waals surface area contributed by atoms with Crippen molar-refractivity contribution in [3.05, 3.63) is 60.0 Å². The maximum absolute atomic E-state index is 12.1. The predicted molar refractivity (Wildman–Crippen MR) is 91.9 cm³/mol. The smallest absolute Gasteiger partial charge is 0.319 e. The fraction of sp³-hybridized carbons (Fsp3) is 0.222. The van der Waals surface area contributed by atoms with Gasteiger partial charge < -0.3 is 20.2 Å². The summed E-state index contributed by atoms with van der Waals surface area (Å²) in [6, 6.07) is 14.2. The van der Waals surface area contributed by atoms with Crippen LogP contribution in [-0.4, -0.2) is 28.8 Å². The van der Waals surface area contributed by atoms with E-state index in [1.54, 1.807) is 25.1 Å².